The van der Waals surface area contributed by atoms with Crippen LogP contribution in [0.15, 0.2) is 0 Å². The Bertz CT molecular complexity index is 14.4. The Hall–Kier alpha value is -0.0800. The van der Waals surface area contributed by atoms with E-state index in [4.69, 9.17) is 5.11 Å². The lowest BCUT2D eigenvalue weighted by molar-refractivity contribution is 0.381. The zero-order chi connectivity index (χ0) is 4.12. The highest BCUT2D eigenvalue weighted by molar-refractivity contribution is 4.44. The zero-order valence-corrected chi connectivity index (χ0v) is 3.23. The van der Waals surface area contributed by atoms with Gasteiger partial charge in [-0.3, -0.25) is 0 Å². The highest BCUT2D eigenvalue weighted by atomic mass is 16.3. The number of likely N-dealkylation sites (N-methyl/N-ethyl adjacent to an activating group) is 1. The molecular weight excluding hydrogens is 66.0 g/mol. The molecule has 0 amide bonds. The molecule has 2 nitrogen and oxygen atoms in total. The van der Waals surface area contributed by atoms with E-state index < -0.39 is 0 Å². The molecule has 0 heterocycles. The Labute approximate surface area is 31.8 Å². The fourth-order valence-corrected chi connectivity index (χ4v) is 0.0913. The normalized spacial score (nSPS) is 8.40. The van der Waals surface area contributed by atoms with Crippen LogP contribution in [0.25, 0.3) is 0 Å². The smallest absolute Gasteiger partial charge is 0.0935 e. The first-order valence-corrected chi connectivity index (χ1v) is 1.52. The predicted molar refractivity (Wildman–Crippen MR) is 20.2 cm³/mol. The monoisotopic (exact) mass is 74.1 g/mol. The fraction of sp³-hybridized carbons (Fsp3) is 0.667. The summed E-state index contributed by atoms with van der Waals surface area (Å²) in [5.74, 6) is 0. The van der Waals surface area contributed by atoms with Crippen LogP contribution in [-0.4, -0.2) is 18.7 Å². The summed E-state index contributed by atoms with van der Waals surface area (Å²) >= 11 is 0. The minimum absolute atomic E-state index is 0.569. The molecule has 0 aliphatic rings. The van der Waals surface area contributed by atoms with E-state index in [0.29, 0.717) is 6.54 Å². The van der Waals surface area contributed by atoms with Crippen molar-refractivity contribution in [2.24, 2.45) is 0 Å². The van der Waals surface area contributed by atoms with Crippen LogP contribution in [0.4, 0.5) is 0 Å². The van der Waals surface area contributed by atoms with Crippen molar-refractivity contribution in [2.45, 2.75) is 0 Å². The predicted octanol–water partition coefficient (Wildman–Crippen LogP) is -0.260. The Kier molecular flexibility index (Phi) is 3.86. The van der Waals surface area contributed by atoms with E-state index in [1.165, 1.54) is 0 Å². The number of aliphatic hydroxyl groups is 1. The van der Waals surface area contributed by atoms with Crippen molar-refractivity contribution in [3.63, 3.8) is 0 Å². The number of aliphatic hydroxyl groups excluding tert-OH is 1. The average molecular weight is 74.1 g/mol. The van der Waals surface area contributed by atoms with Gasteiger partial charge in [-0.2, -0.15) is 0 Å². The van der Waals surface area contributed by atoms with Gasteiger partial charge in [-0.15, -0.1) is 0 Å². The van der Waals surface area contributed by atoms with Gasteiger partial charge in [0, 0.05) is 6.54 Å². The molecule has 2 heteroatoms. The maximum Gasteiger partial charge on any atom is 0.0935 e. The fourth-order valence-electron chi connectivity index (χ4n) is 0.0913. The third kappa shape index (κ3) is 3.92. The molecule has 31 valence electrons. The van der Waals surface area contributed by atoms with Gasteiger partial charge in [-0.05, 0) is 7.05 Å². The number of rotatable bonds is 2. The summed E-state index contributed by atoms with van der Waals surface area (Å²) in [7, 11) is 1.77. The minimum Gasteiger partial charge on any atom is -0.389 e. The number of nitrogens with one attached hydrogen (secondary N) is 1. The SMILES string of the molecule is CNC[CH]O. The average Bonchev–Trinajstić information content (AvgIpc) is 1.41. The van der Waals surface area contributed by atoms with Gasteiger partial charge in [0.2, 0.25) is 0 Å². The lowest BCUT2D eigenvalue weighted by Gasteiger charge is -1.83. The molecule has 0 unspecified atom stereocenters. The molecule has 0 atom stereocenters. The molecule has 0 fully saturated rings. The summed E-state index contributed by atoms with van der Waals surface area (Å²) in [4.78, 5) is 0. The molecule has 0 saturated carbocycles. The van der Waals surface area contributed by atoms with E-state index in [0.717, 1.165) is 6.61 Å². The van der Waals surface area contributed by atoms with Gasteiger partial charge >= 0.3 is 0 Å². The van der Waals surface area contributed by atoms with Crippen molar-refractivity contribution in [2.75, 3.05) is 13.6 Å². The van der Waals surface area contributed by atoms with Gasteiger partial charge < -0.3 is 10.4 Å². The van der Waals surface area contributed by atoms with Crippen LogP contribution >= 0.6 is 0 Å². The van der Waals surface area contributed by atoms with Gasteiger partial charge in [0.25, 0.3) is 0 Å². The molecule has 0 rings (SSSR count). The summed E-state index contributed by atoms with van der Waals surface area (Å²) < 4.78 is 0. The van der Waals surface area contributed by atoms with Crippen LogP contribution in [-0.2, 0) is 0 Å². The van der Waals surface area contributed by atoms with E-state index in [1.54, 1.807) is 7.05 Å². The van der Waals surface area contributed by atoms with E-state index in [1.807, 2.05) is 0 Å². The van der Waals surface area contributed by atoms with Gasteiger partial charge in [0.1, 0.15) is 0 Å². The minimum atomic E-state index is 0.569. The Morgan fingerprint density at radius 1 is 2.00 bits per heavy atom. The van der Waals surface area contributed by atoms with E-state index in [2.05, 4.69) is 5.32 Å². The van der Waals surface area contributed by atoms with Gasteiger partial charge in [-0.25, -0.2) is 0 Å². The largest absolute Gasteiger partial charge is 0.389 e. The van der Waals surface area contributed by atoms with Crippen molar-refractivity contribution >= 4 is 0 Å². The molecule has 0 aliphatic carbocycles. The van der Waals surface area contributed by atoms with Crippen LogP contribution in [0, 0.1) is 6.61 Å². The molecule has 5 heavy (non-hydrogen) atoms. The van der Waals surface area contributed by atoms with Crippen LogP contribution in [0.2, 0.25) is 0 Å². The molecule has 1 radical (unpaired) electrons. The van der Waals surface area contributed by atoms with E-state index >= 15 is 0 Å². The van der Waals surface area contributed by atoms with Crippen molar-refractivity contribution in [1.82, 2.24) is 5.32 Å². The second-order valence-electron chi connectivity index (χ2n) is 0.740. The zero-order valence-electron chi connectivity index (χ0n) is 3.23. The van der Waals surface area contributed by atoms with Crippen molar-refractivity contribution < 1.29 is 5.11 Å². The van der Waals surface area contributed by atoms with Gasteiger partial charge in [-0.1, -0.05) is 0 Å². The summed E-state index contributed by atoms with van der Waals surface area (Å²) in [6.07, 6.45) is 0. The molecule has 0 aliphatic heterocycles. The Morgan fingerprint density at radius 2 is 2.60 bits per heavy atom. The standard InChI is InChI=1S/C3H8NO/c1-4-2-3-5/h3-5H,2H2,1H3. The van der Waals surface area contributed by atoms with Crippen LogP contribution < -0.4 is 5.32 Å². The Morgan fingerprint density at radius 3 is 2.60 bits per heavy atom. The first-order valence-electron chi connectivity index (χ1n) is 1.52. The third-order valence-corrected chi connectivity index (χ3v) is 0.295. The summed E-state index contributed by atoms with van der Waals surface area (Å²) in [5.41, 5.74) is 0. The lowest BCUT2D eigenvalue weighted by Crippen LogP contribution is -2.06. The third-order valence-electron chi connectivity index (χ3n) is 0.295. The van der Waals surface area contributed by atoms with Crippen LogP contribution in [0.5, 0.6) is 0 Å². The quantitative estimate of drug-likeness (QED) is 0.473. The molecule has 0 spiro atoms. The first-order chi connectivity index (χ1) is 2.41. The van der Waals surface area contributed by atoms with Crippen molar-refractivity contribution in [3.8, 4) is 0 Å². The summed E-state index contributed by atoms with van der Waals surface area (Å²) in [6, 6.07) is 0. The van der Waals surface area contributed by atoms with Gasteiger partial charge in [0.15, 0.2) is 0 Å². The number of hydrogen-bond donors (Lipinski definition) is 2. The lowest BCUT2D eigenvalue weighted by atomic mass is 10.7. The topological polar surface area (TPSA) is 32.3 Å². The molecule has 0 bridgehead atoms. The molecule has 0 aromatic heterocycles. The Balaban J connectivity index is 2.19. The van der Waals surface area contributed by atoms with Crippen LogP contribution in [0.1, 0.15) is 0 Å². The van der Waals surface area contributed by atoms with Crippen LogP contribution in [0.3, 0.4) is 0 Å². The molecule has 2 N–H and O–H groups in total. The maximum atomic E-state index is 7.88. The van der Waals surface area contributed by atoms with Crippen molar-refractivity contribution in [1.29, 1.82) is 0 Å². The molecule has 0 aromatic carbocycles. The maximum absolute atomic E-state index is 7.88. The van der Waals surface area contributed by atoms with Gasteiger partial charge in [0.05, 0.1) is 6.61 Å². The second-order valence-corrected chi connectivity index (χ2v) is 0.740. The highest BCUT2D eigenvalue weighted by Gasteiger charge is 1.67. The summed E-state index contributed by atoms with van der Waals surface area (Å²) in [5, 5.41) is 10.6. The number of hydrogen-bond acceptors (Lipinski definition) is 2. The molecule has 0 saturated heterocycles. The molecular formula is C3H8NO. The summed E-state index contributed by atoms with van der Waals surface area (Å²) in [6.45, 7) is 1.64. The van der Waals surface area contributed by atoms with Crippen molar-refractivity contribution in [3.05, 3.63) is 6.61 Å². The van der Waals surface area contributed by atoms with E-state index in [9.17, 15) is 0 Å². The highest BCUT2D eigenvalue weighted by Crippen LogP contribution is 1.53. The van der Waals surface area contributed by atoms with E-state index in [-0.39, 0.29) is 0 Å². The first kappa shape index (κ1) is 4.92. The second kappa shape index (κ2) is 3.92. The molecule has 0 aromatic rings.